The second kappa shape index (κ2) is 9.91. The van der Waals surface area contributed by atoms with Crippen LogP contribution in [0.4, 0.5) is 15.8 Å². The van der Waals surface area contributed by atoms with E-state index in [0.717, 1.165) is 10.9 Å². The van der Waals surface area contributed by atoms with Gasteiger partial charge in [-0.05, 0) is 53.8 Å². The molecule has 14 heteroatoms. The Morgan fingerprint density at radius 1 is 1.21 bits per heavy atom. The van der Waals surface area contributed by atoms with Gasteiger partial charge in [0.1, 0.15) is 22.9 Å². The third-order valence-electron chi connectivity index (χ3n) is 5.68. The number of sulfonamides is 1. The highest BCUT2D eigenvalue weighted by Gasteiger charge is 2.28. The van der Waals surface area contributed by atoms with Crippen LogP contribution in [-0.4, -0.2) is 40.3 Å². The maximum Gasteiger partial charge on any atom is 0.281 e. The van der Waals surface area contributed by atoms with E-state index in [4.69, 9.17) is 0 Å². The minimum Gasteiger partial charge on any atom is -0.505 e. The van der Waals surface area contributed by atoms with E-state index < -0.39 is 29.6 Å². The quantitative estimate of drug-likeness (QED) is 0.259. The van der Waals surface area contributed by atoms with E-state index in [0.29, 0.717) is 27.7 Å². The van der Waals surface area contributed by atoms with Gasteiger partial charge in [-0.25, -0.2) is 22.3 Å². The number of halogens is 1. The predicted molar refractivity (Wildman–Crippen MR) is 148 cm³/mol. The van der Waals surface area contributed by atoms with E-state index in [1.54, 1.807) is 41.9 Å². The van der Waals surface area contributed by atoms with Crippen molar-refractivity contribution >= 4 is 52.2 Å². The number of hydrogen-bond donors (Lipinski definition) is 4. The van der Waals surface area contributed by atoms with Gasteiger partial charge in [-0.15, -0.1) is 0 Å². The number of hydrogen-bond acceptors (Lipinski definition) is 9. The zero-order chi connectivity index (χ0) is 27.2. The smallest absolute Gasteiger partial charge is 0.281 e. The van der Waals surface area contributed by atoms with Crippen LogP contribution in [0.2, 0.25) is 0 Å². The van der Waals surface area contributed by atoms with Crippen LogP contribution in [0.1, 0.15) is 16.7 Å². The van der Waals surface area contributed by atoms with Gasteiger partial charge in [0, 0.05) is 16.6 Å². The van der Waals surface area contributed by atoms with E-state index >= 15 is 0 Å². The lowest BCUT2D eigenvalue weighted by Crippen LogP contribution is -2.34. The molecule has 2 aromatic heterocycles. The molecule has 10 nitrogen and oxygen atoms in total. The molecule has 1 unspecified atom stereocenters. The summed E-state index contributed by atoms with van der Waals surface area (Å²) in [5, 5.41) is 22.5. The SMILES string of the molecule is Cc1cc(Cn2nc(-c3ccsc3)c(O)c(C3=NP(O)c4cc(NS(C)(=O)=O)ccc4N3)c2=O)ccc1F. The third kappa shape index (κ3) is 5.18. The van der Waals surface area contributed by atoms with Crippen molar-refractivity contribution in [1.29, 1.82) is 0 Å². The van der Waals surface area contributed by atoms with Gasteiger partial charge in [-0.2, -0.15) is 16.4 Å². The van der Waals surface area contributed by atoms with Crippen molar-refractivity contribution in [2.24, 2.45) is 4.76 Å². The van der Waals surface area contributed by atoms with Gasteiger partial charge in [0.25, 0.3) is 5.56 Å². The van der Waals surface area contributed by atoms with Crippen molar-refractivity contribution in [2.75, 3.05) is 16.3 Å². The van der Waals surface area contributed by atoms with Gasteiger partial charge >= 0.3 is 0 Å². The van der Waals surface area contributed by atoms with Crippen molar-refractivity contribution in [1.82, 2.24) is 9.78 Å². The molecule has 0 bridgehead atoms. The molecule has 1 aliphatic heterocycles. The van der Waals surface area contributed by atoms with Gasteiger partial charge < -0.3 is 15.3 Å². The Labute approximate surface area is 222 Å². The van der Waals surface area contributed by atoms with Crippen LogP contribution in [0.15, 0.2) is 62.8 Å². The Balaban J connectivity index is 1.61. The number of fused-ring (bicyclic) bond motifs is 1. The molecule has 38 heavy (non-hydrogen) atoms. The van der Waals surface area contributed by atoms with Crippen LogP contribution in [-0.2, 0) is 16.6 Å². The zero-order valence-electron chi connectivity index (χ0n) is 20.0. The molecule has 4 N–H and O–H groups in total. The lowest BCUT2D eigenvalue weighted by molar-refractivity contribution is 0.464. The fourth-order valence-electron chi connectivity index (χ4n) is 3.95. The molecule has 0 aliphatic carbocycles. The van der Waals surface area contributed by atoms with Gasteiger partial charge in [0.2, 0.25) is 10.0 Å². The van der Waals surface area contributed by atoms with Gasteiger partial charge in [-0.1, -0.05) is 12.1 Å². The maximum absolute atomic E-state index is 13.8. The first kappa shape index (κ1) is 26.0. The maximum atomic E-state index is 13.8. The highest BCUT2D eigenvalue weighted by Crippen LogP contribution is 2.40. The second-order valence-corrected chi connectivity index (χ2v) is 12.4. The number of amidine groups is 1. The van der Waals surface area contributed by atoms with Crippen LogP contribution in [0.5, 0.6) is 5.75 Å². The molecular formula is C24H21FN5O5PS2. The number of nitrogens with one attached hydrogen (secondary N) is 2. The average molecular weight is 574 g/mol. The lowest BCUT2D eigenvalue weighted by Gasteiger charge is -2.23. The molecule has 0 radical (unpaired) electrons. The lowest BCUT2D eigenvalue weighted by atomic mass is 10.1. The molecule has 1 atom stereocenters. The molecule has 1 aliphatic rings. The van der Waals surface area contributed by atoms with E-state index in [2.05, 4.69) is 19.9 Å². The fourth-order valence-corrected chi connectivity index (χ4v) is 6.19. The Bertz CT molecular complexity index is 1760. The summed E-state index contributed by atoms with van der Waals surface area (Å²) < 4.78 is 44.7. The summed E-state index contributed by atoms with van der Waals surface area (Å²) in [5.74, 6) is -0.834. The van der Waals surface area contributed by atoms with Crippen molar-refractivity contribution in [3.05, 3.63) is 86.1 Å². The number of nitrogens with zero attached hydrogens (tertiary/aromatic N) is 3. The Kier molecular flexibility index (Phi) is 6.78. The zero-order valence-corrected chi connectivity index (χ0v) is 22.5. The number of rotatable bonds is 6. The molecule has 5 rings (SSSR count). The summed E-state index contributed by atoms with van der Waals surface area (Å²) in [5.41, 5.74) is 1.56. The van der Waals surface area contributed by atoms with Gasteiger partial charge in [-0.3, -0.25) is 9.52 Å². The van der Waals surface area contributed by atoms with Gasteiger partial charge in [0.15, 0.2) is 14.0 Å². The molecule has 0 saturated carbocycles. The Morgan fingerprint density at radius 2 is 2.00 bits per heavy atom. The molecule has 3 heterocycles. The molecule has 0 fully saturated rings. The van der Waals surface area contributed by atoms with Gasteiger partial charge in [0.05, 0.1) is 23.8 Å². The minimum atomic E-state index is -3.53. The van der Waals surface area contributed by atoms with E-state index in [-0.39, 0.29) is 35.1 Å². The van der Waals surface area contributed by atoms with Crippen molar-refractivity contribution in [3.8, 4) is 17.0 Å². The predicted octanol–water partition coefficient (Wildman–Crippen LogP) is 3.35. The third-order valence-corrected chi connectivity index (χ3v) is 8.16. The number of thiophene rings is 1. The number of benzene rings is 2. The van der Waals surface area contributed by atoms with Crippen LogP contribution < -0.4 is 20.9 Å². The van der Waals surface area contributed by atoms with Crippen molar-refractivity contribution in [3.63, 3.8) is 0 Å². The number of aryl methyl sites for hydroxylation is 1. The van der Waals surface area contributed by atoms with Crippen molar-refractivity contribution in [2.45, 2.75) is 13.5 Å². The number of anilines is 2. The molecule has 4 aromatic rings. The Morgan fingerprint density at radius 3 is 2.68 bits per heavy atom. The van der Waals surface area contributed by atoms with E-state index in [1.807, 2.05) is 0 Å². The average Bonchev–Trinajstić information content (AvgIpc) is 3.37. The monoisotopic (exact) mass is 573 g/mol. The first-order valence-electron chi connectivity index (χ1n) is 11.1. The molecule has 196 valence electrons. The van der Waals surface area contributed by atoms with Crippen molar-refractivity contribution < 1.29 is 22.8 Å². The highest BCUT2D eigenvalue weighted by molar-refractivity contribution is 7.92. The summed E-state index contributed by atoms with van der Waals surface area (Å²) in [7, 11) is -5.73. The molecule has 0 spiro atoms. The summed E-state index contributed by atoms with van der Waals surface area (Å²) in [6.07, 6.45) is 1.01. The van der Waals surface area contributed by atoms with Crippen LogP contribution in [0.3, 0.4) is 0 Å². The first-order valence-corrected chi connectivity index (χ1v) is 15.2. The summed E-state index contributed by atoms with van der Waals surface area (Å²) in [6.45, 7) is 1.62. The van der Waals surface area contributed by atoms with Crippen LogP contribution in [0, 0.1) is 12.7 Å². The molecule has 0 saturated heterocycles. The number of aromatic hydroxyl groups is 1. The first-order chi connectivity index (χ1) is 18.0. The van der Waals surface area contributed by atoms with E-state index in [9.17, 15) is 27.6 Å². The Hall–Kier alpha value is -3.64. The highest BCUT2D eigenvalue weighted by atomic mass is 32.2. The topological polar surface area (TPSA) is 146 Å². The standard InChI is InChI=1S/C24H21FN5O5PS2/c1-13-9-14(3-5-17(13)25)11-30-24(32)20(22(31)21(27-30)15-7-8-37-12-15)23-26-18-6-4-16(29-38(2,34)35)10-19(18)36(33)28-23/h3-10,12,29,31,33H,11H2,1-2H3,(H,26,28). The summed E-state index contributed by atoms with van der Waals surface area (Å²) >= 11 is 1.39. The van der Waals surface area contributed by atoms with Crippen LogP contribution in [0.25, 0.3) is 11.3 Å². The van der Waals surface area contributed by atoms with E-state index in [1.165, 1.54) is 29.5 Å². The normalized spacial score (nSPS) is 14.9. The molecular weight excluding hydrogens is 552 g/mol. The minimum absolute atomic E-state index is 0.00262. The fraction of sp³-hybridized carbons (Fsp3) is 0.125. The summed E-state index contributed by atoms with van der Waals surface area (Å²) in [4.78, 5) is 24.4. The summed E-state index contributed by atoms with van der Waals surface area (Å²) in [6, 6.07) is 10.7. The molecule has 2 aromatic carbocycles. The van der Waals surface area contributed by atoms with Crippen LogP contribution >= 0.6 is 19.6 Å². The number of aromatic nitrogens is 2. The second-order valence-electron chi connectivity index (χ2n) is 8.60. The molecule has 0 amide bonds. The largest absolute Gasteiger partial charge is 0.505 e.